The highest BCUT2D eigenvalue weighted by Gasteiger charge is 2.06. The molecule has 72 valence electrons. The Bertz CT molecular complexity index is 555. The van der Waals surface area contributed by atoms with E-state index in [0.717, 1.165) is 15.4 Å². The van der Waals surface area contributed by atoms with E-state index >= 15 is 0 Å². The van der Waals surface area contributed by atoms with Crippen molar-refractivity contribution in [3.05, 3.63) is 44.4 Å². The lowest BCUT2D eigenvalue weighted by Gasteiger charge is -2.03. The molecule has 0 fully saturated rings. The minimum atomic E-state index is -0.268. The molecule has 0 N–H and O–H groups in total. The molecule has 0 radical (unpaired) electrons. The van der Waals surface area contributed by atoms with Gasteiger partial charge in [-0.05, 0) is 43.0 Å². The van der Waals surface area contributed by atoms with Gasteiger partial charge in [0.1, 0.15) is 5.76 Å². The van der Waals surface area contributed by atoms with Gasteiger partial charge in [0.2, 0.25) is 0 Å². The summed E-state index contributed by atoms with van der Waals surface area (Å²) in [6.07, 6.45) is 0. The summed E-state index contributed by atoms with van der Waals surface area (Å²) in [5, 5.41) is 1.59. The van der Waals surface area contributed by atoms with Gasteiger partial charge < -0.3 is 4.42 Å². The Hall–Kier alpha value is -1.09. The highest BCUT2D eigenvalue weighted by atomic mass is 79.9. The molecule has 1 aromatic heterocycles. The molecule has 0 aliphatic heterocycles. The fourth-order valence-corrected chi connectivity index (χ4v) is 1.83. The first-order valence-electron chi connectivity index (χ1n) is 4.29. The molecular weight excluding hydrogens is 244 g/mol. The van der Waals surface area contributed by atoms with Crippen molar-refractivity contribution in [1.82, 2.24) is 0 Å². The van der Waals surface area contributed by atoms with Crippen LogP contribution in [0, 0.1) is 13.8 Å². The first kappa shape index (κ1) is 9.46. The first-order valence-corrected chi connectivity index (χ1v) is 5.08. The number of aryl methyl sites for hydroxylation is 2. The molecule has 0 unspecified atom stereocenters. The zero-order chi connectivity index (χ0) is 10.3. The maximum absolute atomic E-state index is 11.5. The van der Waals surface area contributed by atoms with Crippen LogP contribution in [-0.4, -0.2) is 0 Å². The third-order valence-corrected chi connectivity index (χ3v) is 2.87. The van der Waals surface area contributed by atoms with Gasteiger partial charge in [-0.25, -0.2) is 4.79 Å². The average Bonchev–Trinajstić information content (AvgIpc) is 2.14. The summed E-state index contributed by atoms with van der Waals surface area (Å²) in [5.41, 5.74) is 0.747. The van der Waals surface area contributed by atoms with Crippen LogP contribution in [0.25, 0.3) is 10.8 Å². The van der Waals surface area contributed by atoms with Crippen molar-refractivity contribution >= 4 is 26.7 Å². The Morgan fingerprint density at radius 2 is 1.93 bits per heavy atom. The number of hydrogen-bond acceptors (Lipinski definition) is 2. The maximum atomic E-state index is 11.5. The predicted octanol–water partition coefficient (Wildman–Crippen LogP) is 3.17. The molecule has 0 bridgehead atoms. The van der Waals surface area contributed by atoms with E-state index < -0.39 is 0 Å². The summed E-state index contributed by atoms with van der Waals surface area (Å²) >= 11 is 3.38. The molecule has 2 rings (SSSR count). The fraction of sp³-hybridized carbons (Fsp3) is 0.182. The number of rotatable bonds is 0. The molecule has 0 saturated heterocycles. The first-order chi connectivity index (χ1) is 6.59. The summed E-state index contributed by atoms with van der Waals surface area (Å²) < 4.78 is 6.06. The van der Waals surface area contributed by atoms with E-state index in [1.165, 1.54) is 0 Å². The third kappa shape index (κ3) is 1.38. The minimum Gasteiger partial charge on any atom is -0.427 e. The monoisotopic (exact) mass is 252 g/mol. The number of benzene rings is 1. The van der Waals surface area contributed by atoms with Crippen molar-refractivity contribution in [3.8, 4) is 0 Å². The zero-order valence-electron chi connectivity index (χ0n) is 7.93. The van der Waals surface area contributed by atoms with Crippen LogP contribution >= 0.6 is 15.9 Å². The lowest BCUT2D eigenvalue weighted by Crippen LogP contribution is -2.02. The molecule has 0 amide bonds. The van der Waals surface area contributed by atoms with Gasteiger partial charge in [-0.2, -0.15) is 0 Å². The van der Waals surface area contributed by atoms with Crippen molar-refractivity contribution in [1.29, 1.82) is 0 Å². The third-order valence-electron chi connectivity index (χ3n) is 2.38. The van der Waals surface area contributed by atoms with Gasteiger partial charge in [-0.1, -0.05) is 15.9 Å². The van der Waals surface area contributed by atoms with Crippen LogP contribution in [-0.2, 0) is 0 Å². The number of fused-ring (bicyclic) bond motifs is 1. The molecule has 1 heterocycles. The fourth-order valence-electron chi connectivity index (χ4n) is 1.46. The minimum absolute atomic E-state index is 0.268. The van der Waals surface area contributed by atoms with Crippen LogP contribution in [0.4, 0.5) is 0 Å². The molecule has 0 saturated carbocycles. The van der Waals surface area contributed by atoms with E-state index in [9.17, 15) is 4.79 Å². The molecular formula is C11H9BrO2. The summed E-state index contributed by atoms with van der Waals surface area (Å²) in [5.74, 6) is 0.681. The summed E-state index contributed by atoms with van der Waals surface area (Å²) in [6, 6.07) is 5.56. The van der Waals surface area contributed by atoms with Crippen molar-refractivity contribution in [2.75, 3.05) is 0 Å². The Morgan fingerprint density at radius 3 is 2.64 bits per heavy atom. The van der Waals surface area contributed by atoms with E-state index in [1.807, 2.05) is 19.1 Å². The molecule has 0 spiro atoms. The zero-order valence-corrected chi connectivity index (χ0v) is 9.51. The van der Waals surface area contributed by atoms with E-state index in [2.05, 4.69) is 15.9 Å². The Labute approximate surface area is 89.7 Å². The lowest BCUT2D eigenvalue weighted by atomic mass is 10.1. The largest absolute Gasteiger partial charge is 0.427 e. The van der Waals surface area contributed by atoms with Crippen LogP contribution in [0.5, 0.6) is 0 Å². The average molecular weight is 253 g/mol. The second-order valence-corrected chi connectivity index (χ2v) is 4.18. The van der Waals surface area contributed by atoms with Crippen molar-refractivity contribution < 1.29 is 4.42 Å². The van der Waals surface area contributed by atoms with E-state index in [1.54, 1.807) is 13.0 Å². The van der Waals surface area contributed by atoms with Gasteiger partial charge in [0.25, 0.3) is 0 Å². The highest BCUT2D eigenvalue weighted by molar-refractivity contribution is 9.10. The molecule has 0 aliphatic carbocycles. The van der Waals surface area contributed by atoms with Crippen LogP contribution in [0.3, 0.4) is 0 Å². The SMILES string of the molecule is Cc1oc(=O)c2ccc(Br)cc2c1C. The van der Waals surface area contributed by atoms with Gasteiger partial charge in [0, 0.05) is 4.47 Å². The molecule has 1 aromatic carbocycles. The molecule has 2 nitrogen and oxygen atoms in total. The quantitative estimate of drug-likeness (QED) is 0.721. The molecule has 3 heteroatoms. The van der Waals surface area contributed by atoms with E-state index in [4.69, 9.17) is 4.42 Å². The van der Waals surface area contributed by atoms with Crippen molar-refractivity contribution in [2.24, 2.45) is 0 Å². The summed E-state index contributed by atoms with van der Waals surface area (Å²) in [6.45, 7) is 3.75. The predicted molar refractivity (Wildman–Crippen MR) is 59.7 cm³/mol. The number of halogens is 1. The van der Waals surface area contributed by atoms with Crippen LogP contribution in [0.2, 0.25) is 0 Å². The summed E-state index contributed by atoms with van der Waals surface area (Å²) in [4.78, 5) is 11.5. The van der Waals surface area contributed by atoms with Crippen LogP contribution < -0.4 is 5.63 Å². The van der Waals surface area contributed by atoms with Gasteiger partial charge in [-0.15, -0.1) is 0 Å². The molecule has 14 heavy (non-hydrogen) atoms. The molecule has 2 aromatic rings. The lowest BCUT2D eigenvalue weighted by molar-refractivity contribution is 0.484. The Kier molecular flexibility index (Phi) is 2.19. The normalized spacial score (nSPS) is 10.8. The second-order valence-electron chi connectivity index (χ2n) is 3.26. The Balaban J connectivity index is 3.03. The van der Waals surface area contributed by atoms with Crippen LogP contribution in [0.1, 0.15) is 11.3 Å². The Morgan fingerprint density at radius 1 is 1.21 bits per heavy atom. The molecule has 0 aliphatic rings. The van der Waals surface area contributed by atoms with E-state index in [0.29, 0.717) is 11.1 Å². The number of hydrogen-bond donors (Lipinski definition) is 0. The van der Waals surface area contributed by atoms with Gasteiger partial charge in [0.05, 0.1) is 5.39 Å². The highest BCUT2D eigenvalue weighted by Crippen LogP contribution is 2.22. The summed E-state index contributed by atoms with van der Waals surface area (Å²) in [7, 11) is 0. The van der Waals surface area contributed by atoms with Gasteiger partial charge >= 0.3 is 5.63 Å². The van der Waals surface area contributed by atoms with Crippen molar-refractivity contribution in [3.63, 3.8) is 0 Å². The maximum Gasteiger partial charge on any atom is 0.343 e. The topological polar surface area (TPSA) is 30.2 Å². The van der Waals surface area contributed by atoms with Crippen LogP contribution in [0.15, 0.2) is 31.9 Å². The van der Waals surface area contributed by atoms with E-state index in [-0.39, 0.29) is 5.63 Å². The second kappa shape index (κ2) is 3.24. The molecule has 0 atom stereocenters. The smallest absolute Gasteiger partial charge is 0.343 e. The van der Waals surface area contributed by atoms with Gasteiger partial charge in [0.15, 0.2) is 0 Å². The standard InChI is InChI=1S/C11H9BrO2/c1-6-7(2)14-11(13)9-4-3-8(12)5-10(6)9/h3-5H,1-2H3. The van der Waals surface area contributed by atoms with Gasteiger partial charge in [-0.3, -0.25) is 0 Å². The van der Waals surface area contributed by atoms with Crippen molar-refractivity contribution in [2.45, 2.75) is 13.8 Å².